The molecule has 0 aromatic carbocycles. The highest BCUT2D eigenvalue weighted by Gasteiger charge is 2.30. The molecule has 0 radical (unpaired) electrons. The van der Waals surface area contributed by atoms with E-state index in [0.717, 1.165) is 0 Å². The Morgan fingerprint density at radius 2 is 1.15 bits per heavy atom. The van der Waals surface area contributed by atoms with Crippen LogP contribution in [0.5, 0.6) is 0 Å². The van der Waals surface area contributed by atoms with E-state index < -0.39 is 42.9 Å². The van der Waals surface area contributed by atoms with E-state index in [1.165, 1.54) is 10.9 Å². The van der Waals surface area contributed by atoms with Gasteiger partial charge in [-0.25, -0.2) is 20.2 Å². The quantitative estimate of drug-likeness (QED) is 0.529. The Morgan fingerprint density at radius 1 is 0.800 bits per heavy atom. The van der Waals surface area contributed by atoms with Crippen molar-refractivity contribution >= 4 is 23.0 Å². The van der Waals surface area contributed by atoms with Crippen LogP contribution in [0.15, 0.2) is 6.07 Å². The number of hydrogen-bond donors (Lipinski definition) is 2. The van der Waals surface area contributed by atoms with E-state index in [1.807, 2.05) is 0 Å². The van der Waals surface area contributed by atoms with Gasteiger partial charge in [0.25, 0.3) is 11.6 Å². The van der Waals surface area contributed by atoms with Crippen molar-refractivity contribution < 1.29 is 19.9 Å². The summed E-state index contributed by atoms with van der Waals surface area (Å²) in [5.74, 6) is -1.98. The van der Waals surface area contributed by atoms with Crippen molar-refractivity contribution in [2.24, 2.45) is 0 Å². The topological polar surface area (TPSA) is 210 Å². The monoisotopic (exact) mass is 289 g/mol. The smallest absolute Gasteiger partial charge is 0.258 e. The second-order valence-electron chi connectivity index (χ2n) is 2.98. The van der Waals surface area contributed by atoms with Crippen LogP contribution in [-0.4, -0.2) is 24.9 Å². The third-order valence-corrected chi connectivity index (χ3v) is 1.77. The molecule has 0 spiro atoms. The first-order valence-electron chi connectivity index (χ1n) is 4.38. The largest absolute Gasteiger partial charge is 0.324 e. The highest BCUT2D eigenvalue weighted by molar-refractivity contribution is 5.68. The standard InChI is InChI=1S/C5H3N7O8/c13-9(14)2-1-3(10(15)16)5(8-12(19)20)6-4(2)7-11(17)18/h1H,(H2,6,7,8). The van der Waals surface area contributed by atoms with Crippen LogP contribution in [0.3, 0.4) is 0 Å². The molecule has 0 aliphatic carbocycles. The fraction of sp³-hybridized carbons (Fsp3) is 0. The zero-order chi connectivity index (χ0) is 15.4. The summed E-state index contributed by atoms with van der Waals surface area (Å²) in [7, 11) is 0. The summed E-state index contributed by atoms with van der Waals surface area (Å²) in [6, 6.07) is 0.310. The number of anilines is 2. The van der Waals surface area contributed by atoms with Crippen molar-refractivity contribution in [3.05, 3.63) is 46.5 Å². The van der Waals surface area contributed by atoms with Gasteiger partial charge in [0.05, 0.1) is 9.85 Å². The second-order valence-corrected chi connectivity index (χ2v) is 2.98. The van der Waals surface area contributed by atoms with Crippen molar-refractivity contribution in [2.45, 2.75) is 0 Å². The molecule has 1 heterocycles. The van der Waals surface area contributed by atoms with Crippen LogP contribution in [0, 0.1) is 40.5 Å². The van der Waals surface area contributed by atoms with Gasteiger partial charge in [-0.1, -0.05) is 10.9 Å². The Labute approximate surface area is 106 Å². The van der Waals surface area contributed by atoms with Crippen LogP contribution in [0.4, 0.5) is 23.0 Å². The molecule has 20 heavy (non-hydrogen) atoms. The lowest BCUT2D eigenvalue weighted by molar-refractivity contribution is -0.449. The maximum atomic E-state index is 10.6. The number of nitrogens with one attached hydrogen (secondary N) is 2. The van der Waals surface area contributed by atoms with Crippen molar-refractivity contribution in [3.63, 3.8) is 0 Å². The summed E-state index contributed by atoms with van der Waals surface area (Å²) in [5.41, 5.74) is 0.475. The van der Waals surface area contributed by atoms with Crippen LogP contribution in [0.1, 0.15) is 0 Å². The lowest BCUT2D eigenvalue weighted by atomic mass is 10.3. The SMILES string of the molecule is O=[N+]([O-])Nc1nc(N[N+](=O)[O-])c([N+](=O)[O-])cc1[N+](=O)[O-]. The molecule has 0 amide bonds. The van der Waals surface area contributed by atoms with Gasteiger partial charge < -0.3 is 0 Å². The first kappa shape index (κ1) is 14.4. The van der Waals surface area contributed by atoms with Crippen LogP contribution in [0.25, 0.3) is 0 Å². The summed E-state index contributed by atoms with van der Waals surface area (Å²) in [6.45, 7) is 0. The van der Waals surface area contributed by atoms with Crippen molar-refractivity contribution in [1.82, 2.24) is 4.98 Å². The summed E-state index contributed by atoms with van der Waals surface area (Å²) in [6.07, 6.45) is 0. The number of nitro groups is 4. The number of nitrogens with zero attached hydrogens (tertiary/aromatic N) is 5. The van der Waals surface area contributed by atoms with E-state index in [-0.39, 0.29) is 0 Å². The van der Waals surface area contributed by atoms with Crippen LogP contribution in [0.2, 0.25) is 0 Å². The predicted molar refractivity (Wildman–Crippen MR) is 58.8 cm³/mol. The fourth-order valence-electron chi connectivity index (χ4n) is 1.11. The van der Waals surface area contributed by atoms with Gasteiger partial charge in [0.2, 0.25) is 0 Å². The van der Waals surface area contributed by atoms with Crippen LogP contribution >= 0.6 is 0 Å². The first-order valence-corrected chi connectivity index (χ1v) is 4.38. The molecule has 0 aliphatic rings. The first-order chi connectivity index (χ1) is 9.22. The predicted octanol–water partition coefficient (Wildman–Crippen LogP) is 0.105. The number of rotatable bonds is 6. The molecule has 0 fully saturated rings. The van der Waals surface area contributed by atoms with E-state index in [2.05, 4.69) is 4.98 Å². The Bertz CT molecular complexity index is 564. The van der Waals surface area contributed by atoms with E-state index in [1.54, 1.807) is 0 Å². The number of aromatic nitrogens is 1. The van der Waals surface area contributed by atoms with E-state index in [9.17, 15) is 40.5 Å². The molecule has 15 heteroatoms. The molecule has 0 saturated heterocycles. The third-order valence-electron chi connectivity index (χ3n) is 1.77. The molecule has 0 saturated carbocycles. The molecule has 2 N–H and O–H groups in total. The van der Waals surface area contributed by atoms with E-state index in [4.69, 9.17) is 0 Å². The van der Waals surface area contributed by atoms with Gasteiger partial charge in [0, 0.05) is 0 Å². The van der Waals surface area contributed by atoms with Gasteiger partial charge in [0.15, 0.2) is 10.1 Å². The Morgan fingerprint density at radius 3 is 1.40 bits per heavy atom. The molecule has 0 aliphatic heterocycles. The highest BCUT2D eigenvalue weighted by Crippen LogP contribution is 2.32. The third kappa shape index (κ3) is 3.18. The molecule has 1 rings (SSSR count). The zero-order valence-corrected chi connectivity index (χ0v) is 9.08. The number of pyridine rings is 1. The molecule has 15 nitrogen and oxygen atoms in total. The minimum Gasteiger partial charge on any atom is -0.258 e. The van der Waals surface area contributed by atoms with Gasteiger partial charge >= 0.3 is 11.4 Å². The summed E-state index contributed by atoms with van der Waals surface area (Å²) in [5, 5.41) is 39.3. The summed E-state index contributed by atoms with van der Waals surface area (Å²) in [4.78, 5) is 42.5. The number of hydrogen-bond acceptors (Lipinski definition) is 9. The van der Waals surface area contributed by atoms with Crippen LogP contribution in [-0.2, 0) is 0 Å². The van der Waals surface area contributed by atoms with Crippen molar-refractivity contribution in [2.75, 3.05) is 10.9 Å². The second kappa shape index (κ2) is 5.33. The van der Waals surface area contributed by atoms with Crippen LogP contribution < -0.4 is 10.9 Å². The zero-order valence-electron chi connectivity index (χ0n) is 9.08. The molecule has 106 valence electrons. The van der Waals surface area contributed by atoms with Crippen molar-refractivity contribution in [3.8, 4) is 0 Å². The Kier molecular flexibility index (Phi) is 3.84. The average Bonchev–Trinajstić information content (AvgIpc) is 2.26. The van der Waals surface area contributed by atoms with E-state index >= 15 is 0 Å². The normalized spacial score (nSPS) is 9.60. The molecular weight excluding hydrogens is 286 g/mol. The molecular formula is C5H3N7O8. The molecule has 0 atom stereocenters. The maximum absolute atomic E-state index is 10.6. The lowest BCUT2D eigenvalue weighted by Gasteiger charge is -2.02. The van der Waals surface area contributed by atoms with Gasteiger partial charge in [-0.15, -0.1) is 0 Å². The molecule has 1 aromatic heterocycles. The summed E-state index contributed by atoms with van der Waals surface area (Å²) >= 11 is 0. The molecule has 0 unspecified atom stereocenters. The minimum atomic E-state index is -1.21. The minimum absolute atomic E-state index is 0.310. The Balaban J connectivity index is 3.50. The van der Waals surface area contributed by atoms with Crippen molar-refractivity contribution in [1.29, 1.82) is 0 Å². The fourth-order valence-corrected chi connectivity index (χ4v) is 1.11. The van der Waals surface area contributed by atoms with Gasteiger partial charge in [0.1, 0.15) is 6.07 Å². The maximum Gasteiger partial charge on any atom is 0.324 e. The Hall–Kier alpha value is -3.65. The summed E-state index contributed by atoms with van der Waals surface area (Å²) < 4.78 is 0. The van der Waals surface area contributed by atoms with Gasteiger partial charge in [-0.2, -0.15) is 4.98 Å². The molecule has 0 bridgehead atoms. The average molecular weight is 289 g/mol. The highest BCUT2D eigenvalue weighted by atomic mass is 16.7. The number of hydrazine groups is 2. The lowest BCUT2D eigenvalue weighted by Crippen LogP contribution is -2.16. The molecule has 1 aromatic rings. The van der Waals surface area contributed by atoms with Gasteiger partial charge in [-0.05, 0) is 0 Å². The van der Waals surface area contributed by atoms with Gasteiger partial charge in [-0.3, -0.25) is 20.2 Å². The van der Waals surface area contributed by atoms with E-state index in [0.29, 0.717) is 6.07 Å².